The standard InChI is InChI=1S/C17H33N3O/c1-14(2)19(4)13-15-7-11-20(12-8-15)16(21)17(3)9-5-6-10-18-17/h14-15,18H,5-13H2,1-4H3. The second kappa shape index (κ2) is 7.10. The van der Waals surface area contributed by atoms with E-state index in [9.17, 15) is 4.79 Å². The van der Waals surface area contributed by atoms with E-state index in [1.54, 1.807) is 0 Å². The summed E-state index contributed by atoms with van der Waals surface area (Å²) in [5.41, 5.74) is -0.306. The smallest absolute Gasteiger partial charge is 0.242 e. The fraction of sp³-hybridized carbons (Fsp3) is 0.941. The van der Waals surface area contributed by atoms with Gasteiger partial charge in [0.15, 0.2) is 0 Å². The minimum absolute atomic E-state index is 0.306. The molecule has 4 nitrogen and oxygen atoms in total. The molecule has 0 bridgehead atoms. The Balaban J connectivity index is 1.82. The number of likely N-dealkylation sites (tertiary alicyclic amines) is 1. The summed E-state index contributed by atoms with van der Waals surface area (Å²) < 4.78 is 0. The van der Waals surface area contributed by atoms with Crippen molar-refractivity contribution in [1.82, 2.24) is 15.1 Å². The van der Waals surface area contributed by atoms with Gasteiger partial charge in [-0.05, 0) is 72.4 Å². The molecule has 4 heteroatoms. The normalized spacial score (nSPS) is 28.4. The van der Waals surface area contributed by atoms with Gasteiger partial charge in [0.05, 0.1) is 5.54 Å². The quantitative estimate of drug-likeness (QED) is 0.863. The van der Waals surface area contributed by atoms with Gasteiger partial charge in [-0.3, -0.25) is 4.79 Å². The van der Waals surface area contributed by atoms with Gasteiger partial charge in [0.2, 0.25) is 5.91 Å². The molecular formula is C17H33N3O. The van der Waals surface area contributed by atoms with Crippen LogP contribution in [0.4, 0.5) is 0 Å². The van der Waals surface area contributed by atoms with Gasteiger partial charge in [-0.2, -0.15) is 0 Å². The Labute approximate surface area is 130 Å². The summed E-state index contributed by atoms with van der Waals surface area (Å²) in [6.45, 7) is 10.6. The first-order valence-electron chi connectivity index (χ1n) is 8.67. The highest BCUT2D eigenvalue weighted by molar-refractivity contribution is 5.86. The van der Waals surface area contributed by atoms with Gasteiger partial charge >= 0.3 is 0 Å². The third-order valence-corrected chi connectivity index (χ3v) is 5.42. The summed E-state index contributed by atoms with van der Waals surface area (Å²) in [6, 6.07) is 0.606. The van der Waals surface area contributed by atoms with Crippen molar-refractivity contribution in [3.63, 3.8) is 0 Å². The Bertz CT molecular complexity index is 342. The maximum atomic E-state index is 12.8. The maximum absolute atomic E-state index is 12.8. The number of carbonyl (C=O) groups excluding carboxylic acids is 1. The molecule has 1 atom stereocenters. The second-order valence-corrected chi connectivity index (χ2v) is 7.48. The Kier molecular flexibility index (Phi) is 5.67. The largest absolute Gasteiger partial charge is 0.341 e. The summed E-state index contributed by atoms with van der Waals surface area (Å²) in [5, 5.41) is 3.45. The van der Waals surface area contributed by atoms with Crippen molar-refractivity contribution in [2.45, 2.75) is 64.5 Å². The predicted octanol–water partition coefficient (Wildman–Crippen LogP) is 2.10. The van der Waals surface area contributed by atoms with Crippen molar-refractivity contribution < 1.29 is 4.79 Å². The average molecular weight is 295 g/mol. The van der Waals surface area contributed by atoms with Gasteiger partial charge in [0, 0.05) is 25.7 Å². The third kappa shape index (κ3) is 4.19. The number of hydrogen-bond donors (Lipinski definition) is 1. The van der Waals surface area contributed by atoms with Gasteiger partial charge in [0.1, 0.15) is 0 Å². The SMILES string of the molecule is CC(C)N(C)CC1CCN(C(=O)C2(C)CCCCN2)CC1. The van der Waals surface area contributed by atoms with Crippen LogP contribution in [0.2, 0.25) is 0 Å². The van der Waals surface area contributed by atoms with E-state index in [1.165, 1.54) is 12.8 Å². The zero-order valence-electron chi connectivity index (χ0n) is 14.3. The number of nitrogens with zero attached hydrogens (tertiary/aromatic N) is 2. The van der Waals surface area contributed by atoms with Crippen LogP contribution in [0.1, 0.15) is 52.9 Å². The minimum atomic E-state index is -0.306. The van der Waals surface area contributed by atoms with Crippen LogP contribution in [0.25, 0.3) is 0 Å². The molecule has 2 aliphatic rings. The van der Waals surface area contributed by atoms with Crippen molar-refractivity contribution in [3.8, 4) is 0 Å². The van der Waals surface area contributed by atoms with Crippen LogP contribution in [-0.4, -0.2) is 60.5 Å². The Hall–Kier alpha value is -0.610. The molecule has 2 fully saturated rings. The summed E-state index contributed by atoms with van der Waals surface area (Å²) in [7, 11) is 2.20. The Morgan fingerprint density at radius 3 is 2.52 bits per heavy atom. The Morgan fingerprint density at radius 1 is 1.33 bits per heavy atom. The van der Waals surface area contributed by atoms with Gasteiger partial charge in [-0.15, -0.1) is 0 Å². The maximum Gasteiger partial charge on any atom is 0.242 e. The van der Waals surface area contributed by atoms with E-state index in [4.69, 9.17) is 0 Å². The van der Waals surface area contributed by atoms with Gasteiger partial charge in [0.25, 0.3) is 0 Å². The van der Waals surface area contributed by atoms with E-state index in [0.717, 1.165) is 51.4 Å². The first-order chi connectivity index (χ1) is 9.92. The van der Waals surface area contributed by atoms with Crippen molar-refractivity contribution in [1.29, 1.82) is 0 Å². The lowest BCUT2D eigenvalue weighted by molar-refractivity contribution is -0.140. The summed E-state index contributed by atoms with van der Waals surface area (Å²) >= 11 is 0. The highest BCUT2D eigenvalue weighted by atomic mass is 16.2. The molecular weight excluding hydrogens is 262 g/mol. The molecule has 0 aliphatic carbocycles. The van der Waals surface area contributed by atoms with Gasteiger partial charge in [-0.1, -0.05) is 0 Å². The predicted molar refractivity (Wildman–Crippen MR) is 87.3 cm³/mol. The number of rotatable bonds is 4. The Morgan fingerprint density at radius 2 is 2.00 bits per heavy atom. The molecule has 0 aromatic rings. The molecule has 0 aromatic heterocycles. The van der Waals surface area contributed by atoms with Crippen LogP contribution in [0.3, 0.4) is 0 Å². The molecule has 0 spiro atoms. The van der Waals surface area contributed by atoms with E-state index >= 15 is 0 Å². The molecule has 0 saturated carbocycles. The summed E-state index contributed by atoms with van der Waals surface area (Å²) in [5.74, 6) is 1.08. The fourth-order valence-electron chi connectivity index (χ4n) is 3.52. The lowest BCUT2D eigenvalue weighted by Gasteiger charge is -2.41. The summed E-state index contributed by atoms with van der Waals surface area (Å²) in [6.07, 6.45) is 5.66. The molecule has 0 radical (unpaired) electrons. The minimum Gasteiger partial charge on any atom is -0.341 e. The lowest BCUT2D eigenvalue weighted by atomic mass is 9.88. The van der Waals surface area contributed by atoms with E-state index < -0.39 is 0 Å². The number of nitrogens with one attached hydrogen (secondary N) is 1. The van der Waals surface area contributed by atoms with Crippen LogP contribution < -0.4 is 5.32 Å². The molecule has 2 heterocycles. The number of hydrogen-bond acceptors (Lipinski definition) is 3. The molecule has 1 amide bonds. The number of piperidine rings is 2. The van der Waals surface area contributed by atoms with E-state index in [2.05, 4.69) is 42.9 Å². The highest BCUT2D eigenvalue weighted by Crippen LogP contribution is 2.25. The number of amides is 1. The monoisotopic (exact) mass is 295 g/mol. The van der Waals surface area contributed by atoms with E-state index in [-0.39, 0.29) is 5.54 Å². The summed E-state index contributed by atoms with van der Waals surface area (Å²) in [4.78, 5) is 17.3. The van der Waals surface area contributed by atoms with E-state index in [0.29, 0.717) is 11.9 Å². The molecule has 1 N–H and O–H groups in total. The van der Waals surface area contributed by atoms with Gasteiger partial charge < -0.3 is 15.1 Å². The van der Waals surface area contributed by atoms with Crippen molar-refractivity contribution in [2.24, 2.45) is 5.92 Å². The van der Waals surface area contributed by atoms with Crippen LogP contribution in [0.5, 0.6) is 0 Å². The first kappa shape index (κ1) is 16.8. The molecule has 2 aliphatic heterocycles. The zero-order valence-corrected chi connectivity index (χ0v) is 14.3. The van der Waals surface area contributed by atoms with Crippen LogP contribution in [0, 0.1) is 5.92 Å². The van der Waals surface area contributed by atoms with E-state index in [1.807, 2.05) is 0 Å². The second-order valence-electron chi connectivity index (χ2n) is 7.48. The van der Waals surface area contributed by atoms with Crippen LogP contribution in [0.15, 0.2) is 0 Å². The molecule has 2 rings (SSSR count). The third-order valence-electron chi connectivity index (χ3n) is 5.42. The molecule has 122 valence electrons. The highest BCUT2D eigenvalue weighted by Gasteiger charge is 2.38. The van der Waals surface area contributed by atoms with Crippen molar-refractivity contribution in [2.75, 3.05) is 33.2 Å². The lowest BCUT2D eigenvalue weighted by Crippen LogP contribution is -2.59. The molecule has 1 unspecified atom stereocenters. The van der Waals surface area contributed by atoms with Crippen LogP contribution >= 0.6 is 0 Å². The molecule has 2 saturated heterocycles. The van der Waals surface area contributed by atoms with Gasteiger partial charge in [-0.25, -0.2) is 0 Å². The van der Waals surface area contributed by atoms with Crippen LogP contribution in [-0.2, 0) is 4.79 Å². The molecule has 21 heavy (non-hydrogen) atoms. The molecule has 0 aromatic carbocycles. The number of carbonyl (C=O) groups is 1. The fourth-order valence-corrected chi connectivity index (χ4v) is 3.52. The first-order valence-corrected chi connectivity index (χ1v) is 8.67. The van der Waals surface area contributed by atoms with Crippen molar-refractivity contribution in [3.05, 3.63) is 0 Å². The van der Waals surface area contributed by atoms with Crippen molar-refractivity contribution >= 4 is 5.91 Å². The average Bonchev–Trinajstić information content (AvgIpc) is 2.48. The zero-order chi connectivity index (χ0) is 15.5. The topological polar surface area (TPSA) is 35.6 Å².